The highest BCUT2D eigenvalue weighted by Crippen LogP contribution is 2.35. The summed E-state index contributed by atoms with van der Waals surface area (Å²) >= 11 is 3.48. The van der Waals surface area contributed by atoms with Gasteiger partial charge in [0.2, 0.25) is 5.89 Å². The SMILES string of the molecule is Cn1cnnc1-c1cc(F)ccc1-c1cccc(-c2nc3cc(CO)cc(Br)c3o2)c1. The lowest BCUT2D eigenvalue weighted by molar-refractivity contribution is 0.282. The van der Waals surface area contributed by atoms with E-state index in [1.54, 1.807) is 29.1 Å². The summed E-state index contributed by atoms with van der Waals surface area (Å²) in [5, 5.41) is 17.5. The predicted molar refractivity (Wildman–Crippen MR) is 118 cm³/mol. The van der Waals surface area contributed by atoms with E-state index in [0.717, 1.165) is 26.7 Å². The Balaban J connectivity index is 1.64. The molecule has 0 unspecified atom stereocenters. The van der Waals surface area contributed by atoms with Crippen molar-refractivity contribution in [3.8, 4) is 34.0 Å². The van der Waals surface area contributed by atoms with Gasteiger partial charge in [0.25, 0.3) is 0 Å². The fourth-order valence-corrected chi connectivity index (χ4v) is 4.14. The molecule has 0 fully saturated rings. The van der Waals surface area contributed by atoms with Crippen molar-refractivity contribution in [2.75, 3.05) is 0 Å². The van der Waals surface area contributed by atoms with Crippen LogP contribution in [0.1, 0.15) is 5.56 Å². The van der Waals surface area contributed by atoms with Crippen LogP contribution in [-0.4, -0.2) is 24.9 Å². The Bertz CT molecular complexity index is 1430. The molecule has 0 atom stereocenters. The molecule has 5 rings (SSSR count). The number of halogens is 2. The summed E-state index contributed by atoms with van der Waals surface area (Å²) in [6.45, 7) is -0.0817. The van der Waals surface area contributed by atoms with Gasteiger partial charge in [-0.3, -0.25) is 0 Å². The number of oxazole rings is 1. The van der Waals surface area contributed by atoms with E-state index in [0.29, 0.717) is 28.4 Å². The minimum absolute atomic E-state index is 0.0817. The molecule has 0 spiro atoms. The third kappa shape index (κ3) is 3.54. The minimum atomic E-state index is -0.346. The maximum absolute atomic E-state index is 14.0. The summed E-state index contributed by atoms with van der Waals surface area (Å²) < 4.78 is 22.5. The van der Waals surface area contributed by atoms with E-state index in [2.05, 4.69) is 31.1 Å². The highest BCUT2D eigenvalue weighted by atomic mass is 79.9. The largest absolute Gasteiger partial charge is 0.435 e. The lowest BCUT2D eigenvalue weighted by Gasteiger charge is -2.10. The molecule has 0 aliphatic heterocycles. The van der Waals surface area contributed by atoms with Crippen molar-refractivity contribution in [3.05, 3.63) is 76.8 Å². The van der Waals surface area contributed by atoms with E-state index in [9.17, 15) is 9.50 Å². The first kappa shape index (κ1) is 19.6. The second-order valence-electron chi connectivity index (χ2n) is 7.14. The second-order valence-corrected chi connectivity index (χ2v) is 7.99. The fraction of sp³-hybridized carbons (Fsp3) is 0.0870. The van der Waals surface area contributed by atoms with Crippen LogP contribution in [0, 0.1) is 5.82 Å². The van der Waals surface area contributed by atoms with Gasteiger partial charge in [-0.05, 0) is 69.0 Å². The van der Waals surface area contributed by atoms with Crippen LogP contribution in [0.3, 0.4) is 0 Å². The molecular weight excluding hydrogens is 463 g/mol. The van der Waals surface area contributed by atoms with Crippen molar-refractivity contribution in [2.45, 2.75) is 6.61 Å². The lowest BCUT2D eigenvalue weighted by atomic mass is 9.97. The molecule has 1 N–H and O–H groups in total. The normalized spacial score (nSPS) is 11.4. The Morgan fingerprint density at radius 1 is 1.06 bits per heavy atom. The molecule has 154 valence electrons. The van der Waals surface area contributed by atoms with Crippen LogP contribution in [0.2, 0.25) is 0 Å². The standard InChI is InChI=1S/C23H16BrFN4O2/c1-29-12-26-28-22(29)18-10-16(25)5-6-17(18)14-3-2-4-15(9-14)23-27-20-8-13(11-30)7-19(24)21(20)31-23/h2-10,12,30H,11H2,1H3. The highest BCUT2D eigenvalue weighted by molar-refractivity contribution is 9.10. The predicted octanol–water partition coefficient (Wildman–Crippen LogP) is 5.35. The number of aliphatic hydroxyl groups excluding tert-OH is 1. The third-order valence-electron chi connectivity index (χ3n) is 5.04. The molecule has 0 saturated carbocycles. The van der Waals surface area contributed by atoms with Gasteiger partial charge >= 0.3 is 0 Å². The summed E-state index contributed by atoms with van der Waals surface area (Å²) in [5.74, 6) is 0.679. The average Bonchev–Trinajstić information content (AvgIpc) is 3.40. The maximum Gasteiger partial charge on any atom is 0.227 e. The van der Waals surface area contributed by atoms with Crippen molar-refractivity contribution in [1.29, 1.82) is 0 Å². The molecule has 0 bridgehead atoms. The van der Waals surface area contributed by atoms with Gasteiger partial charge in [0, 0.05) is 18.2 Å². The Morgan fingerprint density at radius 3 is 2.68 bits per heavy atom. The lowest BCUT2D eigenvalue weighted by Crippen LogP contribution is -1.95. The van der Waals surface area contributed by atoms with Crippen molar-refractivity contribution in [2.24, 2.45) is 7.05 Å². The van der Waals surface area contributed by atoms with Gasteiger partial charge in [-0.15, -0.1) is 10.2 Å². The van der Waals surface area contributed by atoms with E-state index in [4.69, 9.17) is 4.42 Å². The van der Waals surface area contributed by atoms with Gasteiger partial charge in [0.05, 0.1) is 11.1 Å². The van der Waals surface area contributed by atoms with Gasteiger partial charge in [0.1, 0.15) is 17.7 Å². The van der Waals surface area contributed by atoms with Gasteiger partial charge in [-0.2, -0.15) is 0 Å². The number of rotatable bonds is 4. The topological polar surface area (TPSA) is 77.0 Å². The first-order valence-corrected chi connectivity index (χ1v) is 10.3. The number of aromatic nitrogens is 4. The van der Waals surface area contributed by atoms with Crippen LogP contribution in [0.5, 0.6) is 0 Å². The molecule has 2 heterocycles. The molecule has 0 aliphatic rings. The van der Waals surface area contributed by atoms with Gasteiger partial charge in [-0.25, -0.2) is 9.37 Å². The molecule has 8 heteroatoms. The number of aliphatic hydroxyl groups is 1. The van der Waals surface area contributed by atoms with Crippen molar-refractivity contribution in [1.82, 2.24) is 19.7 Å². The van der Waals surface area contributed by atoms with Crippen molar-refractivity contribution < 1.29 is 13.9 Å². The number of fused-ring (bicyclic) bond motifs is 1. The summed E-state index contributed by atoms with van der Waals surface area (Å²) in [7, 11) is 1.82. The van der Waals surface area contributed by atoms with E-state index in [1.165, 1.54) is 12.1 Å². The van der Waals surface area contributed by atoms with E-state index in [1.807, 2.05) is 31.3 Å². The Kier molecular flexibility index (Phi) is 4.88. The van der Waals surface area contributed by atoms with Gasteiger partial charge in [0.15, 0.2) is 11.4 Å². The zero-order valence-electron chi connectivity index (χ0n) is 16.4. The Labute approximate surface area is 185 Å². The molecule has 2 aromatic heterocycles. The van der Waals surface area contributed by atoms with E-state index >= 15 is 0 Å². The summed E-state index contributed by atoms with van der Waals surface area (Å²) in [6, 6.07) is 15.9. The smallest absolute Gasteiger partial charge is 0.227 e. The molecule has 0 radical (unpaired) electrons. The van der Waals surface area contributed by atoms with Crippen LogP contribution in [-0.2, 0) is 13.7 Å². The van der Waals surface area contributed by atoms with Crippen LogP contribution >= 0.6 is 15.9 Å². The van der Waals surface area contributed by atoms with E-state index in [-0.39, 0.29) is 12.4 Å². The molecule has 0 aliphatic carbocycles. The number of hydrogen-bond donors (Lipinski definition) is 1. The molecule has 31 heavy (non-hydrogen) atoms. The number of nitrogens with zero attached hydrogens (tertiary/aromatic N) is 4. The maximum atomic E-state index is 14.0. The number of benzene rings is 3. The monoisotopic (exact) mass is 478 g/mol. The number of hydrogen-bond acceptors (Lipinski definition) is 5. The third-order valence-corrected chi connectivity index (χ3v) is 5.63. The number of aryl methyl sites for hydroxylation is 1. The molecule has 6 nitrogen and oxygen atoms in total. The van der Waals surface area contributed by atoms with E-state index < -0.39 is 0 Å². The average molecular weight is 479 g/mol. The zero-order valence-corrected chi connectivity index (χ0v) is 18.0. The Morgan fingerprint density at radius 2 is 1.90 bits per heavy atom. The van der Waals surface area contributed by atoms with Crippen LogP contribution in [0.25, 0.3) is 45.1 Å². The molecule has 0 saturated heterocycles. The Hall–Kier alpha value is -3.36. The highest BCUT2D eigenvalue weighted by Gasteiger charge is 2.16. The van der Waals surface area contributed by atoms with Gasteiger partial charge in [-0.1, -0.05) is 18.2 Å². The molecular formula is C23H16BrFN4O2. The quantitative estimate of drug-likeness (QED) is 0.376. The summed E-state index contributed by atoms with van der Waals surface area (Å²) in [5.41, 5.74) is 5.11. The van der Waals surface area contributed by atoms with Gasteiger partial charge < -0.3 is 14.1 Å². The fourth-order valence-electron chi connectivity index (χ4n) is 3.56. The van der Waals surface area contributed by atoms with Crippen molar-refractivity contribution >= 4 is 27.0 Å². The second kappa shape index (κ2) is 7.72. The molecule has 0 amide bonds. The minimum Gasteiger partial charge on any atom is -0.435 e. The summed E-state index contributed by atoms with van der Waals surface area (Å²) in [4.78, 5) is 4.59. The van der Waals surface area contributed by atoms with Crippen molar-refractivity contribution in [3.63, 3.8) is 0 Å². The first-order chi connectivity index (χ1) is 15.0. The zero-order chi connectivity index (χ0) is 21.5. The summed E-state index contributed by atoms with van der Waals surface area (Å²) in [6.07, 6.45) is 1.58. The van der Waals surface area contributed by atoms with Crippen LogP contribution < -0.4 is 0 Å². The van der Waals surface area contributed by atoms with Crippen LogP contribution in [0.4, 0.5) is 4.39 Å². The molecule has 3 aromatic carbocycles. The molecule has 5 aromatic rings. The van der Waals surface area contributed by atoms with Crippen LogP contribution in [0.15, 0.2) is 69.8 Å². The first-order valence-electron chi connectivity index (χ1n) is 9.48.